The first-order chi connectivity index (χ1) is 12.7. The van der Waals surface area contributed by atoms with Gasteiger partial charge in [-0.1, -0.05) is 12.1 Å². The van der Waals surface area contributed by atoms with Crippen LogP contribution < -0.4 is 10.6 Å². The number of carbonyl (C=O) groups excluding carboxylic acids is 2. The molecule has 2 amide bonds. The number of benzene rings is 2. The van der Waals surface area contributed by atoms with Crippen molar-refractivity contribution >= 4 is 17.7 Å². The quantitative estimate of drug-likeness (QED) is 0.693. The number of nitrogens with zero attached hydrogens (tertiary/aromatic N) is 2. The third-order valence-corrected chi connectivity index (χ3v) is 3.72. The molecular weight excluding hydrogens is 332 g/mol. The fourth-order valence-electron chi connectivity index (χ4n) is 2.35. The Morgan fingerprint density at radius 2 is 1.81 bits per heavy atom. The number of nitrogens with one attached hydrogen (secondary N) is 2. The zero-order valence-electron chi connectivity index (χ0n) is 14.2. The predicted octanol–water partition coefficient (Wildman–Crippen LogP) is 2.98. The topological polar surface area (TPSA) is 85.2 Å². The number of ether oxygens (including phenoxy) is 1. The highest BCUT2D eigenvalue weighted by Crippen LogP contribution is 2.11. The molecule has 0 atom stereocenters. The molecule has 0 fully saturated rings. The number of urea groups is 1. The lowest BCUT2D eigenvalue weighted by molar-refractivity contribution is 0.0601. The Labute approximate surface area is 150 Å². The summed E-state index contributed by atoms with van der Waals surface area (Å²) in [6, 6.07) is 15.7. The Morgan fingerprint density at radius 3 is 2.42 bits per heavy atom. The van der Waals surface area contributed by atoms with Gasteiger partial charge in [0, 0.05) is 24.6 Å². The van der Waals surface area contributed by atoms with Crippen LogP contribution >= 0.6 is 0 Å². The number of carbonyl (C=O) groups is 2. The van der Waals surface area contributed by atoms with Gasteiger partial charge in [-0.15, -0.1) is 0 Å². The second-order valence-electron chi connectivity index (χ2n) is 5.49. The summed E-state index contributed by atoms with van der Waals surface area (Å²) < 4.78 is 6.40. The maximum absolute atomic E-state index is 12.0. The second kappa shape index (κ2) is 7.98. The normalized spacial score (nSPS) is 10.2. The Kier molecular flexibility index (Phi) is 5.28. The Morgan fingerprint density at radius 1 is 1.08 bits per heavy atom. The molecule has 7 nitrogen and oxygen atoms in total. The van der Waals surface area contributed by atoms with Crippen molar-refractivity contribution in [3.05, 3.63) is 78.1 Å². The SMILES string of the molecule is COC(=O)c1ccc(NC(=O)NCc2ccc(-n3cccn3)cc2)cc1. The minimum atomic E-state index is -0.417. The van der Waals surface area contributed by atoms with Crippen LogP contribution in [0.25, 0.3) is 5.69 Å². The van der Waals surface area contributed by atoms with Crippen molar-refractivity contribution in [2.45, 2.75) is 6.54 Å². The summed E-state index contributed by atoms with van der Waals surface area (Å²) in [7, 11) is 1.32. The lowest BCUT2D eigenvalue weighted by atomic mass is 10.2. The lowest BCUT2D eigenvalue weighted by Crippen LogP contribution is -2.28. The van der Waals surface area contributed by atoms with Crippen molar-refractivity contribution in [1.82, 2.24) is 15.1 Å². The van der Waals surface area contributed by atoms with Gasteiger partial charge in [0.25, 0.3) is 0 Å². The number of hydrogen-bond acceptors (Lipinski definition) is 4. The Bertz CT molecular complexity index is 872. The average Bonchev–Trinajstić information content (AvgIpc) is 3.21. The summed E-state index contributed by atoms with van der Waals surface area (Å²) in [6.07, 6.45) is 3.59. The minimum Gasteiger partial charge on any atom is -0.465 e. The van der Waals surface area contributed by atoms with Crippen LogP contribution in [0.5, 0.6) is 0 Å². The fraction of sp³-hybridized carbons (Fsp3) is 0.105. The smallest absolute Gasteiger partial charge is 0.337 e. The summed E-state index contributed by atoms with van der Waals surface area (Å²) >= 11 is 0. The van der Waals surface area contributed by atoms with Crippen LogP contribution in [-0.4, -0.2) is 28.9 Å². The Hall–Kier alpha value is -3.61. The standard InChI is InChI=1S/C19H18N4O3/c1-26-18(24)15-5-7-16(8-6-15)22-19(25)20-13-14-3-9-17(10-4-14)23-12-2-11-21-23/h2-12H,13H2,1H3,(H2,20,22,25). The number of hydrogen-bond donors (Lipinski definition) is 2. The molecule has 7 heteroatoms. The zero-order chi connectivity index (χ0) is 18.4. The second-order valence-corrected chi connectivity index (χ2v) is 5.49. The first-order valence-electron chi connectivity index (χ1n) is 7.98. The van der Waals surface area contributed by atoms with Crippen LogP contribution in [-0.2, 0) is 11.3 Å². The highest BCUT2D eigenvalue weighted by atomic mass is 16.5. The zero-order valence-corrected chi connectivity index (χ0v) is 14.2. The maximum atomic E-state index is 12.0. The number of anilines is 1. The van der Waals surface area contributed by atoms with Gasteiger partial charge >= 0.3 is 12.0 Å². The van der Waals surface area contributed by atoms with Gasteiger partial charge in [-0.2, -0.15) is 5.10 Å². The number of aromatic nitrogens is 2. The van der Waals surface area contributed by atoms with Crippen molar-refractivity contribution in [2.24, 2.45) is 0 Å². The van der Waals surface area contributed by atoms with Crippen molar-refractivity contribution in [3.8, 4) is 5.69 Å². The van der Waals surface area contributed by atoms with E-state index < -0.39 is 5.97 Å². The van der Waals surface area contributed by atoms with E-state index in [-0.39, 0.29) is 6.03 Å². The van der Waals surface area contributed by atoms with Gasteiger partial charge in [0.15, 0.2) is 0 Å². The van der Waals surface area contributed by atoms with E-state index in [1.807, 2.05) is 36.5 Å². The number of methoxy groups -OCH3 is 1. The summed E-state index contributed by atoms with van der Waals surface area (Å²) in [5.74, 6) is -0.417. The lowest BCUT2D eigenvalue weighted by Gasteiger charge is -2.09. The summed E-state index contributed by atoms with van der Waals surface area (Å²) in [4.78, 5) is 23.4. The molecule has 0 spiro atoms. The summed E-state index contributed by atoms with van der Waals surface area (Å²) in [6.45, 7) is 0.394. The van der Waals surface area contributed by atoms with Crippen LogP contribution in [0.2, 0.25) is 0 Å². The van der Waals surface area contributed by atoms with E-state index in [0.717, 1.165) is 11.3 Å². The number of rotatable bonds is 5. The minimum absolute atomic E-state index is 0.327. The molecule has 0 bridgehead atoms. The molecule has 0 saturated heterocycles. The van der Waals surface area contributed by atoms with Crippen LogP contribution in [0.3, 0.4) is 0 Å². The molecule has 132 valence electrons. The van der Waals surface area contributed by atoms with Crippen LogP contribution in [0.4, 0.5) is 10.5 Å². The molecule has 3 aromatic rings. The van der Waals surface area contributed by atoms with E-state index in [9.17, 15) is 9.59 Å². The summed E-state index contributed by atoms with van der Waals surface area (Å²) in [5.41, 5.74) is 2.94. The molecule has 0 aliphatic rings. The molecule has 0 aliphatic carbocycles. The molecule has 0 unspecified atom stereocenters. The molecule has 2 N–H and O–H groups in total. The van der Waals surface area contributed by atoms with Gasteiger partial charge in [0.1, 0.15) is 0 Å². The van der Waals surface area contributed by atoms with Crippen molar-refractivity contribution in [1.29, 1.82) is 0 Å². The highest BCUT2D eigenvalue weighted by Gasteiger charge is 2.06. The van der Waals surface area contributed by atoms with Crippen molar-refractivity contribution < 1.29 is 14.3 Å². The molecule has 0 saturated carbocycles. The van der Waals surface area contributed by atoms with E-state index in [1.54, 1.807) is 35.1 Å². The van der Waals surface area contributed by atoms with Gasteiger partial charge in [0.2, 0.25) is 0 Å². The maximum Gasteiger partial charge on any atom is 0.337 e. The van der Waals surface area contributed by atoms with Gasteiger partial charge in [0.05, 0.1) is 18.4 Å². The molecule has 0 radical (unpaired) electrons. The average molecular weight is 350 g/mol. The van der Waals surface area contributed by atoms with Gasteiger partial charge < -0.3 is 15.4 Å². The molecular formula is C19H18N4O3. The molecule has 26 heavy (non-hydrogen) atoms. The van der Waals surface area contributed by atoms with Crippen molar-refractivity contribution in [2.75, 3.05) is 12.4 Å². The van der Waals surface area contributed by atoms with Crippen LogP contribution in [0, 0.1) is 0 Å². The first-order valence-corrected chi connectivity index (χ1v) is 7.98. The fourth-order valence-corrected chi connectivity index (χ4v) is 2.35. The third kappa shape index (κ3) is 4.27. The monoisotopic (exact) mass is 350 g/mol. The number of esters is 1. The Balaban J connectivity index is 1.51. The number of amides is 2. The van der Waals surface area contributed by atoms with E-state index in [1.165, 1.54) is 7.11 Å². The van der Waals surface area contributed by atoms with E-state index in [4.69, 9.17) is 0 Å². The van der Waals surface area contributed by atoms with E-state index in [0.29, 0.717) is 17.8 Å². The molecule has 2 aromatic carbocycles. The first kappa shape index (κ1) is 17.2. The van der Waals surface area contributed by atoms with Crippen LogP contribution in [0.15, 0.2) is 67.0 Å². The van der Waals surface area contributed by atoms with E-state index >= 15 is 0 Å². The van der Waals surface area contributed by atoms with Gasteiger partial charge in [-0.05, 0) is 48.0 Å². The van der Waals surface area contributed by atoms with Gasteiger partial charge in [-0.25, -0.2) is 14.3 Å². The molecule has 3 rings (SSSR count). The predicted molar refractivity (Wildman–Crippen MR) is 97.2 cm³/mol. The molecule has 0 aliphatic heterocycles. The largest absolute Gasteiger partial charge is 0.465 e. The van der Waals surface area contributed by atoms with Crippen LogP contribution in [0.1, 0.15) is 15.9 Å². The van der Waals surface area contributed by atoms with Gasteiger partial charge in [-0.3, -0.25) is 0 Å². The van der Waals surface area contributed by atoms with Crippen molar-refractivity contribution in [3.63, 3.8) is 0 Å². The third-order valence-electron chi connectivity index (χ3n) is 3.72. The summed E-state index contributed by atoms with van der Waals surface area (Å²) in [5, 5.41) is 9.67. The molecule has 1 aromatic heterocycles. The highest BCUT2D eigenvalue weighted by molar-refractivity contribution is 5.92. The van der Waals surface area contributed by atoms with E-state index in [2.05, 4.69) is 20.5 Å². The molecule has 1 heterocycles.